The molecule has 0 aliphatic rings. The summed E-state index contributed by atoms with van der Waals surface area (Å²) >= 11 is 5.82. The van der Waals surface area contributed by atoms with Gasteiger partial charge in [0, 0.05) is 6.54 Å². The van der Waals surface area contributed by atoms with Gasteiger partial charge >= 0.3 is 0 Å². The second kappa shape index (κ2) is 7.03. The highest BCUT2D eigenvalue weighted by Crippen LogP contribution is 2.18. The maximum Gasteiger partial charge on any atom is 0.285 e. The fourth-order valence-corrected chi connectivity index (χ4v) is 1.77. The number of hydrogen-bond acceptors (Lipinski definition) is 4. The van der Waals surface area contributed by atoms with E-state index in [1.54, 1.807) is 24.3 Å². The van der Waals surface area contributed by atoms with Crippen LogP contribution in [0.2, 0.25) is 5.02 Å². The molecule has 0 fully saturated rings. The molecule has 0 aliphatic carbocycles. The average Bonchev–Trinajstić information content (AvgIpc) is 2.47. The highest BCUT2D eigenvalue weighted by atomic mass is 35.5. The van der Waals surface area contributed by atoms with Crippen LogP contribution in [0.1, 0.15) is 5.56 Å². The summed E-state index contributed by atoms with van der Waals surface area (Å²) in [6.07, 6.45) is -1.13. The second-order valence-corrected chi connectivity index (χ2v) is 4.51. The van der Waals surface area contributed by atoms with E-state index >= 15 is 0 Å². The van der Waals surface area contributed by atoms with Crippen LogP contribution in [0.15, 0.2) is 35.3 Å². The highest BCUT2D eigenvalue weighted by molar-refractivity contribution is 6.32. The Bertz CT molecular complexity index is 664. The van der Waals surface area contributed by atoms with Gasteiger partial charge in [-0.25, -0.2) is 13.9 Å². The maximum absolute atomic E-state index is 12.1. The minimum atomic E-state index is -2.52. The van der Waals surface area contributed by atoms with Gasteiger partial charge in [0.25, 0.3) is 12.0 Å². The van der Waals surface area contributed by atoms with Gasteiger partial charge in [-0.2, -0.15) is 5.10 Å². The zero-order valence-corrected chi connectivity index (χ0v) is 11.5. The molecule has 2 N–H and O–H groups in total. The van der Waals surface area contributed by atoms with Crippen molar-refractivity contribution in [2.45, 2.75) is 13.0 Å². The van der Waals surface area contributed by atoms with Gasteiger partial charge in [0.1, 0.15) is 17.4 Å². The number of hydrogen-bond donors (Lipinski definition) is 2. The summed E-state index contributed by atoms with van der Waals surface area (Å²) < 4.78 is 29.1. The number of alkyl halides is 2. The molecule has 21 heavy (non-hydrogen) atoms. The van der Waals surface area contributed by atoms with E-state index in [1.165, 1.54) is 6.20 Å². The van der Waals surface area contributed by atoms with E-state index in [4.69, 9.17) is 16.3 Å². The molecule has 5 nitrogen and oxygen atoms in total. The molecule has 1 heterocycles. The Morgan fingerprint density at radius 1 is 1.43 bits per heavy atom. The minimum absolute atomic E-state index is 0.00936. The number of halogens is 3. The quantitative estimate of drug-likeness (QED) is 0.860. The Morgan fingerprint density at radius 2 is 2.24 bits per heavy atom. The Balaban J connectivity index is 2.01. The molecular weight excluding hydrogens is 304 g/mol. The Labute approximate surface area is 123 Å². The van der Waals surface area contributed by atoms with Gasteiger partial charge in [-0.1, -0.05) is 23.7 Å². The van der Waals surface area contributed by atoms with E-state index in [-0.39, 0.29) is 5.02 Å². The van der Waals surface area contributed by atoms with Crippen molar-refractivity contribution in [3.05, 3.63) is 51.4 Å². The summed E-state index contributed by atoms with van der Waals surface area (Å²) in [7, 11) is 0. The Kier molecular flexibility index (Phi) is 5.10. The van der Waals surface area contributed by atoms with Crippen molar-refractivity contribution in [3.8, 4) is 5.75 Å². The van der Waals surface area contributed by atoms with Crippen LogP contribution in [0.5, 0.6) is 5.75 Å². The smallest absolute Gasteiger partial charge is 0.285 e. The molecule has 0 unspecified atom stereocenters. The number of nitrogens with zero attached hydrogens (tertiary/aromatic N) is 1. The van der Waals surface area contributed by atoms with E-state index in [2.05, 4.69) is 15.5 Å². The van der Waals surface area contributed by atoms with Crippen molar-refractivity contribution < 1.29 is 13.5 Å². The number of aromatic nitrogens is 2. The summed E-state index contributed by atoms with van der Waals surface area (Å²) in [6, 6.07) is 6.70. The summed E-state index contributed by atoms with van der Waals surface area (Å²) in [5.41, 5.74) is 0.688. The fourth-order valence-electron chi connectivity index (χ4n) is 1.61. The van der Waals surface area contributed by atoms with Crippen LogP contribution in [0, 0.1) is 0 Å². The van der Waals surface area contributed by atoms with E-state index in [0.29, 0.717) is 18.0 Å². The monoisotopic (exact) mass is 315 g/mol. The van der Waals surface area contributed by atoms with E-state index in [9.17, 15) is 13.6 Å². The standard InChI is InChI=1S/C13H12ClF2N3O2/c14-12-10(6-18-19-13(12)20)17-5-8-2-1-3-9(4-8)21-7-11(15)16/h1-4,6,11H,5,7H2,(H2,17,19,20). The molecule has 1 aromatic carbocycles. The van der Waals surface area contributed by atoms with Crippen LogP contribution >= 0.6 is 11.6 Å². The van der Waals surface area contributed by atoms with Crippen LogP contribution in [-0.2, 0) is 6.54 Å². The largest absolute Gasteiger partial charge is 0.488 e. The van der Waals surface area contributed by atoms with Gasteiger partial charge in [-0.15, -0.1) is 0 Å². The Hall–Kier alpha value is -2.15. The second-order valence-electron chi connectivity index (χ2n) is 4.13. The number of rotatable bonds is 6. The number of H-pyrrole nitrogens is 1. The van der Waals surface area contributed by atoms with E-state index in [0.717, 1.165) is 5.56 Å². The van der Waals surface area contributed by atoms with Crippen LogP contribution < -0.4 is 15.6 Å². The summed E-state index contributed by atoms with van der Waals surface area (Å²) in [4.78, 5) is 11.3. The molecule has 0 spiro atoms. The lowest BCUT2D eigenvalue weighted by Crippen LogP contribution is -2.12. The van der Waals surface area contributed by atoms with E-state index in [1.807, 2.05) is 0 Å². The first-order chi connectivity index (χ1) is 10.1. The number of ether oxygens (including phenoxy) is 1. The SMILES string of the molecule is O=c1[nH]ncc(NCc2cccc(OCC(F)F)c2)c1Cl. The normalized spacial score (nSPS) is 10.7. The predicted molar refractivity (Wildman–Crippen MR) is 75.1 cm³/mol. The lowest BCUT2D eigenvalue weighted by atomic mass is 10.2. The van der Waals surface area contributed by atoms with Crippen LogP contribution in [0.25, 0.3) is 0 Å². The van der Waals surface area contributed by atoms with Crippen molar-refractivity contribution in [2.24, 2.45) is 0 Å². The summed E-state index contributed by atoms with van der Waals surface area (Å²) in [5.74, 6) is 0.352. The first-order valence-corrected chi connectivity index (χ1v) is 6.41. The minimum Gasteiger partial charge on any atom is -0.488 e. The van der Waals surface area contributed by atoms with Crippen molar-refractivity contribution in [2.75, 3.05) is 11.9 Å². The van der Waals surface area contributed by atoms with Crippen LogP contribution in [0.3, 0.4) is 0 Å². The van der Waals surface area contributed by atoms with Gasteiger partial charge in [0.2, 0.25) is 0 Å². The highest BCUT2D eigenvalue weighted by Gasteiger charge is 2.06. The first-order valence-electron chi connectivity index (χ1n) is 6.03. The fraction of sp³-hybridized carbons (Fsp3) is 0.231. The topological polar surface area (TPSA) is 67.0 Å². The molecule has 8 heteroatoms. The number of nitrogens with one attached hydrogen (secondary N) is 2. The molecular formula is C13H12ClF2N3O2. The summed E-state index contributed by atoms with van der Waals surface area (Å²) in [6.45, 7) is -0.308. The molecule has 1 aromatic heterocycles. The molecule has 2 rings (SSSR count). The molecule has 2 aromatic rings. The number of anilines is 1. The van der Waals surface area contributed by atoms with Crippen molar-refractivity contribution in [3.63, 3.8) is 0 Å². The van der Waals surface area contributed by atoms with Gasteiger partial charge in [-0.3, -0.25) is 4.79 Å². The van der Waals surface area contributed by atoms with E-state index < -0.39 is 18.6 Å². The Morgan fingerprint density at radius 3 is 3.00 bits per heavy atom. The van der Waals surface area contributed by atoms with Gasteiger partial charge < -0.3 is 10.1 Å². The molecule has 0 radical (unpaired) electrons. The first kappa shape index (κ1) is 15.2. The van der Waals surface area contributed by atoms with Gasteiger partial charge in [0.15, 0.2) is 0 Å². The third kappa shape index (κ3) is 4.42. The molecule has 0 amide bonds. The molecule has 0 saturated carbocycles. The lowest BCUT2D eigenvalue weighted by Gasteiger charge is -2.09. The molecule has 112 valence electrons. The lowest BCUT2D eigenvalue weighted by molar-refractivity contribution is 0.0818. The molecule has 0 bridgehead atoms. The zero-order chi connectivity index (χ0) is 15.2. The number of benzene rings is 1. The maximum atomic E-state index is 12.1. The third-order valence-corrected chi connectivity index (χ3v) is 2.93. The molecule has 0 saturated heterocycles. The third-order valence-electron chi connectivity index (χ3n) is 2.55. The number of aromatic amines is 1. The zero-order valence-electron chi connectivity index (χ0n) is 10.8. The van der Waals surface area contributed by atoms with Crippen molar-refractivity contribution in [1.29, 1.82) is 0 Å². The summed E-state index contributed by atoms with van der Waals surface area (Å²) in [5, 5.41) is 8.79. The van der Waals surface area contributed by atoms with Gasteiger partial charge in [0.05, 0.1) is 11.9 Å². The van der Waals surface area contributed by atoms with Crippen molar-refractivity contribution in [1.82, 2.24) is 10.2 Å². The van der Waals surface area contributed by atoms with Gasteiger partial charge in [-0.05, 0) is 17.7 Å². The average molecular weight is 316 g/mol. The van der Waals surface area contributed by atoms with Crippen molar-refractivity contribution >= 4 is 17.3 Å². The molecule has 0 aliphatic heterocycles. The predicted octanol–water partition coefficient (Wildman–Crippen LogP) is 2.68. The molecule has 0 atom stereocenters. The van der Waals surface area contributed by atoms with Crippen LogP contribution in [0.4, 0.5) is 14.5 Å². The van der Waals surface area contributed by atoms with Crippen LogP contribution in [-0.4, -0.2) is 23.2 Å².